The molecule has 0 bridgehead atoms. The first-order valence-corrected chi connectivity index (χ1v) is 6.67. The second kappa shape index (κ2) is 4.68. The van der Waals surface area contributed by atoms with Crippen LogP contribution in [0.25, 0.3) is 11.0 Å². The number of anilines is 1. The number of aromatic amines is 2. The van der Waals surface area contributed by atoms with Crippen molar-refractivity contribution in [1.29, 1.82) is 0 Å². The van der Waals surface area contributed by atoms with E-state index in [9.17, 15) is 9.59 Å². The average Bonchev–Trinajstić information content (AvgIpc) is 2.90. The first-order chi connectivity index (χ1) is 9.52. The van der Waals surface area contributed by atoms with Gasteiger partial charge >= 0.3 is 5.69 Å². The Morgan fingerprint density at radius 3 is 2.70 bits per heavy atom. The van der Waals surface area contributed by atoms with E-state index in [1.165, 1.54) is 0 Å². The van der Waals surface area contributed by atoms with Crippen LogP contribution in [0.5, 0.6) is 0 Å². The maximum atomic E-state index is 12.2. The molecule has 0 unspecified atom stereocenters. The maximum Gasteiger partial charge on any atom is 0.323 e. The van der Waals surface area contributed by atoms with Gasteiger partial charge in [0.15, 0.2) is 0 Å². The molecule has 0 saturated heterocycles. The monoisotopic (exact) mass is 334 g/mol. The first-order valence-electron chi connectivity index (χ1n) is 5.88. The van der Waals surface area contributed by atoms with Crippen molar-refractivity contribution in [3.63, 3.8) is 0 Å². The van der Waals surface area contributed by atoms with Crippen molar-refractivity contribution in [3.8, 4) is 0 Å². The number of halogens is 1. The fourth-order valence-electron chi connectivity index (χ4n) is 2.06. The third-order valence-corrected chi connectivity index (χ3v) is 3.41. The molecule has 20 heavy (non-hydrogen) atoms. The average molecular weight is 335 g/mol. The quantitative estimate of drug-likeness (QED) is 0.671. The zero-order valence-corrected chi connectivity index (χ0v) is 12.1. The third kappa shape index (κ3) is 2.27. The summed E-state index contributed by atoms with van der Waals surface area (Å²) in [5.74, 6) is -0.213. The van der Waals surface area contributed by atoms with Crippen molar-refractivity contribution in [3.05, 3.63) is 51.1 Å². The van der Waals surface area contributed by atoms with E-state index in [0.717, 1.165) is 4.47 Å². The summed E-state index contributed by atoms with van der Waals surface area (Å²) in [6.07, 6.45) is 1.81. The Hall–Kier alpha value is -2.28. The van der Waals surface area contributed by atoms with Gasteiger partial charge in [-0.1, -0.05) is 0 Å². The number of hydrogen-bond acceptors (Lipinski definition) is 2. The highest BCUT2D eigenvalue weighted by Gasteiger charge is 2.11. The maximum absolute atomic E-state index is 12.2. The number of nitrogens with one attached hydrogen (secondary N) is 3. The van der Waals surface area contributed by atoms with Gasteiger partial charge in [-0.2, -0.15) is 0 Å². The predicted octanol–water partition coefficient (Wildman–Crippen LogP) is 2.21. The minimum atomic E-state index is -0.269. The Labute approximate surface area is 121 Å². The largest absolute Gasteiger partial charge is 0.345 e. The van der Waals surface area contributed by atoms with Gasteiger partial charge < -0.3 is 19.9 Å². The molecule has 3 aromatic rings. The highest BCUT2D eigenvalue weighted by molar-refractivity contribution is 9.10. The number of hydrogen-bond donors (Lipinski definition) is 3. The molecule has 0 radical (unpaired) electrons. The van der Waals surface area contributed by atoms with Crippen LogP contribution < -0.4 is 11.0 Å². The highest BCUT2D eigenvalue weighted by atomic mass is 79.9. The summed E-state index contributed by atoms with van der Waals surface area (Å²) in [5, 5.41) is 2.80. The third-order valence-electron chi connectivity index (χ3n) is 2.98. The van der Waals surface area contributed by atoms with Gasteiger partial charge in [0.1, 0.15) is 5.69 Å². The second-order valence-corrected chi connectivity index (χ2v) is 5.36. The lowest BCUT2D eigenvalue weighted by molar-refractivity contribution is 0.101. The summed E-state index contributed by atoms with van der Waals surface area (Å²) in [5.41, 5.74) is 2.25. The van der Waals surface area contributed by atoms with Crippen LogP contribution in [0.3, 0.4) is 0 Å². The van der Waals surface area contributed by atoms with Gasteiger partial charge in [0.05, 0.1) is 11.0 Å². The number of aryl methyl sites for hydroxylation is 1. The Bertz CT molecular complexity index is 859. The summed E-state index contributed by atoms with van der Waals surface area (Å²) >= 11 is 3.33. The second-order valence-electron chi connectivity index (χ2n) is 4.45. The molecule has 3 rings (SSSR count). The lowest BCUT2D eigenvalue weighted by atomic mass is 10.2. The van der Waals surface area contributed by atoms with Crippen LogP contribution in [-0.2, 0) is 7.05 Å². The van der Waals surface area contributed by atoms with E-state index < -0.39 is 0 Å². The number of rotatable bonds is 2. The molecule has 0 fully saturated rings. The van der Waals surface area contributed by atoms with Crippen LogP contribution in [0.2, 0.25) is 0 Å². The summed E-state index contributed by atoms with van der Waals surface area (Å²) < 4.78 is 2.58. The molecule has 3 N–H and O–H groups in total. The molecule has 0 aliphatic heterocycles. The summed E-state index contributed by atoms with van der Waals surface area (Å²) in [6.45, 7) is 0. The van der Waals surface area contributed by atoms with Crippen molar-refractivity contribution in [2.24, 2.45) is 7.05 Å². The van der Waals surface area contributed by atoms with Crippen LogP contribution in [0.1, 0.15) is 10.5 Å². The molecule has 2 aromatic heterocycles. The van der Waals surface area contributed by atoms with E-state index in [0.29, 0.717) is 22.4 Å². The van der Waals surface area contributed by atoms with Crippen LogP contribution in [0.4, 0.5) is 5.69 Å². The number of H-pyrrole nitrogens is 2. The molecule has 0 aliphatic rings. The molecule has 1 amide bonds. The number of carbonyl (C=O) groups excluding carboxylic acids is 1. The minimum Gasteiger partial charge on any atom is -0.345 e. The number of carbonyl (C=O) groups is 1. The Balaban J connectivity index is 1.90. The molecule has 0 aliphatic carbocycles. The lowest BCUT2D eigenvalue weighted by Gasteiger charge is -2.05. The number of aromatic nitrogens is 3. The van der Waals surface area contributed by atoms with Gasteiger partial charge in [-0.3, -0.25) is 4.79 Å². The summed E-state index contributed by atoms with van der Waals surface area (Å²) in [4.78, 5) is 28.6. The van der Waals surface area contributed by atoms with Gasteiger partial charge in [-0.25, -0.2) is 4.79 Å². The lowest BCUT2D eigenvalue weighted by Crippen LogP contribution is -2.15. The normalized spacial score (nSPS) is 10.9. The van der Waals surface area contributed by atoms with E-state index in [2.05, 4.69) is 31.2 Å². The van der Waals surface area contributed by atoms with Crippen molar-refractivity contribution in [2.75, 3.05) is 5.32 Å². The molecular weight excluding hydrogens is 324 g/mol. The number of nitrogens with zero attached hydrogens (tertiary/aromatic N) is 1. The molecule has 1 aromatic carbocycles. The minimum absolute atomic E-state index is 0.213. The smallest absolute Gasteiger partial charge is 0.323 e. The van der Waals surface area contributed by atoms with Crippen LogP contribution in [0.15, 0.2) is 39.7 Å². The van der Waals surface area contributed by atoms with Crippen LogP contribution in [-0.4, -0.2) is 20.4 Å². The van der Waals surface area contributed by atoms with Crippen molar-refractivity contribution >= 4 is 38.6 Å². The van der Waals surface area contributed by atoms with Gasteiger partial charge in [0.2, 0.25) is 0 Å². The summed E-state index contributed by atoms with van der Waals surface area (Å²) in [6, 6.07) is 6.93. The molecule has 102 valence electrons. The number of benzene rings is 1. The number of imidazole rings is 1. The molecule has 2 heterocycles. The van der Waals surface area contributed by atoms with Crippen molar-refractivity contribution < 1.29 is 4.79 Å². The molecular formula is C13H11BrN4O2. The van der Waals surface area contributed by atoms with E-state index in [-0.39, 0.29) is 11.6 Å². The SMILES string of the molecule is Cn1cc(Br)cc1C(=O)Nc1ccc2[nH]c(=O)[nH]c2c1. The zero-order chi connectivity index (χ0) is 14.3. The molecule has 0 saturated carbocycles. The van der Waals surface area contributed by atoms with E-state index in [4.69, 9.17) is 0 Å². The Kier molecular flexibility index (Phi) is 2.98. The Morgan fingerprint density at radius 2 is 2.00 bits per heavy atom. The van der Waals surface area contributed by atoms with E-state index in [1.807, 2.05) is 6.20 Å². The molecule has 6 nitrogen and oxygen atoms in total. The van der Waals surface area contributed by atoms with Crippen LogP contribution >= 0.6 is 15.9 Å². The zero-order valence-electron chi connectivity index (χ0n) is 10.5. The Morgan fingerprint density at radius 1 is 1.25 bits per heavy atom. The van der Waals surface area contributed by atoms with E-state index >= 15 is 0 Å². The van der Waals surface area contributed by atoms with Crippen molar-refractivity contribution in [1.82, 2.24) is 14.5 Å². The van der Waals surface area contributed by atoms with Gasteiger partial charge in [-0.15, -0.1) is 0 Å². The standard InChI is InChI=1S/C13H11BrN4O2/c1-18-6-7(14)4-11(18)12(19)15-8-2-3-9-10(5-8)17-13(20)16-9/h2-6H,1H3,(H,15,19)(H2,16,17,20). The van der Waals surface area contributed by atoms with E-state index in [1.54, 1.807) is 35.9 Å². The number of fused-ring (bicyclic) bond motifs is 1. The van der Waals surface area contributed by atoms with Gasteiger partial charge in [0, 0.05) is 23.4 Å². The topological polar surface area (TPSA) is 82.7 Å². The fourth-order valence-corrected chi connectivity index (χ4v) is 2.58. The van der Waals surface area contributed by atoms with Crippen LogP contribution in [0, 0.1) is 0 Å². The summed E-state index contributed by atoms with van der Waals surface area (Å²) in [7, 11) is 1.80. The number of amides is 1. The van der Waals surface area contributed by atoms with Crippen molar-refractivity contribution in [2.45, 2.75) is 0 Å². The molecule has 0 atom stereocenters. The fraction of sp³-hybridized carbons (Fsp3) is 0.0769. The van der Waals surface area contributed by atoms with Gasteiger partial charge in [0.25, 0.3) is 5.91 Å². The molecule has 7 heteroatoms. The van der Waals surface area contributed by atoms with Gasteiger partial charge in [-0.05, 0) is 40.2 Å². The predicted molar refractivity (Wildman–Crippen MR) is 80.0 cm³/mol. The molecule has 0 spiro atoms. The first kappa shape index (κ1) is 12.7. The highest BCUT2D eigenvalue weighted by Crippen LogP contribution is 2.18.